The van der Waals surface area contributed by atoms with Crippen LogP contribution in [-0.2, 0) is 10.1 Å². The normalized spacial score (nSPS) is 11.4. The Morgan fingerprint density at radius 1 is 1.21 bits per heavy atom. The quantitative estimate of drug-likeness (QED) is 0.560. The molecule has 0 fully saturated rings. The van der Waals surface area contributed by atoms with Crippen LogP contribution >= 0.6 is 15.9 Å². The average Bonchev–Trinajstić information content (AvgIpc) is 2.37. The van der Waals surface area contributed by atoms with Crippen molar-refractivity contribution in [3.8, 4) is 11.5 Å². The van der Waals surface area contributed by atoms with Crippen LogP contribution < -0.4 is 9.47 Å². The maximum absolute atomic E-state index is 11.8. The molecule has 0 saturated carbocycles. The molecule has 0 amide bonds. The van der Waals surface area contributed by atoms with Gasteiger partial charge in [-0.3, -0.25) is 0 Å². The van der Waals surface area contributed by atoms with Crippen molar-refractivity contribution in [2.45, 2.75) is 11.5 Å². The van der Waals surface area contributed by atoms with Crippen LogP contribution in [0.5, 0.6) is 11.5 Å². The summed E-state index contributed by atoms with van der Waals surface area (Å²) < 4.78 is 50.3. The van der Waals surface area contributed by atoms with Gasteiger partial charge in [-0.05, 0) is 18.2 Å². The predicted octanol–water partition coefficient (Wildman–Crippen LogP) is 3.55. The Morgan fingerprint density at radius 3 is 2.53 bits per heavy atom. The molecule has 0 bridgehead atoms. The molecular formula is C12H14BrF3O3. The van der Waals surface area contributed by atoms with Gasteiger partial charge in [-0.1, -0.05) is 15.9 Å². The summed E-state index contributed by atoms with van der Waals surface area (Å²) in [6, 6.07) is 5.22. The van der Waals surface area contributed by atoms with E-state index < -0.39 is 12.8 Å². The maximum Gasteiger partial charge on any atom is 0.411 e. The van der Waals surface area contributed by atoms with Gasteiger partial charge in [0.25, 0.3) is 0 Å². The molecule has 0 unspecified atom stereocenters. The number of alkyl halides is 4. The summed E-state index contributed by atoms with van der Waals surface area (Å²) in [5.41, 5.74) is 0.857. The van der Waals surface area contributed by atoms with Gasteiger partial charge in [0.05, 0.1) is 13.7 Å². The predicted molar refractivity (Wildman–Crippen MR) is 68.0 cm³/mol. The molecule has 0 spiro atoms. The van der Waals surface area contributed by atoms with Crippen molar-refractivity contribution in [1.29, 1.82) is 0 Å². The highest BCUT2D eigenvalue weighted by atomic mass is 79.9. The second-order valence-corrected chi connectivity index (χ2v) is 4.18. The van der Waals surface area contributed by atoms with Crippen LogP contribution in [0.2, 0.25) is 0 Å². The average molecular weight is 343 g/mol. The van der Waals surface area contributed by atoms with Crippen molar-refractivity contribution >= 4 is 15.9 Å². The van der Waals surface area contributed by atoms with E-state index in [1.54, 1.807) is 25.3 Å². The van der Waals surface area contributed by atoms with Gasteiger partial charge < -0.3 is 14.2 Å². The molecule has 1 aromatic rings. The Labute approximate surface area is 117 Å². The summed E-state index contributed by atoms with van der Waals surface area (Å²) in [5, 5.41) is 0.558. The van der Waals surface area contributed by atoms with Crippen LogP contribution in [0.1, 0.15) is 5.56 Å². The first-order chi connectivity index (χ1) is 8.96. The van der Waals surface area contributed by atoms with Crippen molar-refractivity contribution in [2.24, 2.45) is 0 Å². The Morgan fingerprint density at radius 2 is 1.95 bits per heavy atom. The van der Waals surface area contributed by atoms with E-state index in [2.05, 4.69) is 20.7 Å². The second kappa shape index (κ2) is 7.59. The van der Waals surface area contributed by atoms with E-state index in [0.717, 1.165) is 5.56 Å². The van der Waals surface area contributed by atoms with E-state index in [-0.39, 0.29) is 13.2 Å². The topological polar surface area (TPSA) is 27.7 Å². The lowest BCUT2D eigenvalue weighted by Gasteiger charge is -2.12. The summed E-state index contributed by atoms with van der Waals surface area (Å²) in [5.74, 6) is 1.28. The fraction of sp³-hybridized carbons (Fsp3) is 0.500. The molecule has 19 heavy (non-hydrogen) atoms. The summed E-state index contributed by atoms with van der Waals surface area (Å²) >= 11 is 3.30. The van der Waals surface area contributed by atoms with Crippen molar-refractivity contribution in [1.82, 2.24) is 0 Å². The van der Waals surface area contributed by atoms with Gasteiger partial charge in [-0.15, -0.1) is 0 Å². The van der Waals surface area contributed by atoms with Gasteiger partial charge in [-0.2, -0.15) is 13.2 Å². The lowest BCUT2D eigenvalue weighted by molar-refractivity contribution is -0.175. The van der Waals surface area contributed by atoms with Gasteiger partial charge in [0.2, 0.25) is 0 Å². The van der Waals surface area contributed by atoms with Gasteiger partial charge >= 0.3 is 6.18 Å². The molecule has 0 aromatic heterocycles. The van der Waals surface area contributed by atoms with Crippen LogP contribution in [-0.4, -0.2) is 33.1 Å². The van der Waals surface area contributed by atoms with E-state index in [1.807, 2.05) is 0 Å². The molecule has 0 N–H and O–H groups in total. The van der Waals surface area contributed by atoms with Crippen LogP contribution in [0, 0.1) is 0 Å². The Bertz CT molecular complexity index is 396. The van der Waals surface area contributed by atoms with E-state index >= 15 is 0 Å². The molecule has 1 aromatic carbocycles. The summed E-state index contributed by atoms with van der Waals surface area (Å²) in [6.45, 7) is -1.32. The summed E-state index contributed by atoms with van der Waals surface area (Å²) in [7, 11) is 1.55. The van der Waals surface area contributed by atoms with Crippen molar-refractivity contribution in [2.75, 3.05) is 26.9 Å². The molecule has 7 heteroatoms. The van der Waals surface area contributed by atoms with Crippen LogP contribution in [0.15, 0.2) is 18.2 Å². The minimum absolute atomic E-state index is 0.0579. The highest BCUT2D eigenvalue weighted by Gasteiger charge is 2.27. The van der Waals surface area contributed by atoms with Crippen molar-refractivity contribution in [3.63, 3.8) is 0 Å². The molecule has 0 aliphatic heterocycles. The van der Waals surface area contributed by atoms with Gasteiger partial charge in [0.1, 0.15) is 24.7 Å². The number of halogens is 4. The molecule has 108 valence electrons. The number of hydrogen-bond acceptors (Lipinski definition) is 3. The third-order valence-electron chi connectivity index (χ3n) is 2.16. The molecule has 0 atom stereocenters. The Kier molecular flexibility index (Phi) is 6.44. The van der Waals surface area contributed by atoms with E-state index in [0.29, 0.717) is 16.8 Å². The van der Waals surface area contributed by atoms with Gasteiger partial charge in [0.15, 0.2) is 0 Å². The van der Waals surface area contributed by atoms with Crippen LogP contribution in [0.25, 0.3) is 0 Å². The van der Waals surface area contributed by atoms with E-state index in [1.165, 1.54) is 0 Å². The molecule has 0 aliphatic carbocycles. The number of hydrogen-bond donors (Lipinski definition) is 0. The summed E-state index contributed by atoms with van der Waals surface area (Å²) in [6.07, 6.45) is -4.30. The molecule has 0 radical (unpaired) electrons. The van der Waals surface area contributed by atoms with Crippen LogP contribution in [0.4, 0.5) is 13.2 Å². The largest absolute Gasteiger partial charge is 0.497 e. The number of benzene rings is 1. The Hall–Kier alpha value is -0.950. The van der Waals surface area contributed by atoms with Crippen molar-refractivity contribution < 1.29 is 27.4 Å². The Balaban J connectivity index is 2.41. The highest BCUT2D eigenvalue weighted by molar-refractivity contribution is 9.08. The zero-order valence-electron chi connectivity index (χ0n) is 10.3. The van der Waals surface area contributed by atoms with E-state index in [9.17, 15) is 13.2 Å². The third-order valence-corrected chi connectivity index (χ3v) is 2.77. The molecule has 0 aliphatic rings. The maximum atomic E-state index is 11.8. The zero-order chi connectivity index (χ0) is 14.3. The lowest BCUT2D eigenvalue weighted by atomic mass is 10.2. The standard InChI is InChI=1S/C12H14BrF3O3/c1-17-10-2-3-11(9(6-10)7-13)19-5-4-18-8-12(14,15)16/h2-3,6H,4-5,7-8H2,1H3. The van der Waals surface area contributed by atoms with Crippen molar-refractivity contribution in [3.05, 3.63) is 23.8 Å². The molecule has 1 rings (SSSR count). The zero-order valence-corrected chi connectivity index (χ0v) is 11.9. The van der Waals surface area contributed by atoms with Gasteiger partial charge in [-0.25, -0.2) is 0 Å². The van der Waals surface area contributed by atoms with Gasteiger partial charge in [0, 0.05) is 10.9 Å². The molecule has 3 nitrogen and oxygen atoms in total. The number of methoxy groups -OCH3 is 1. The highest BCUT2D eigenvalue weighted by Crippen LogP contribution is 2.26. The number of rotatable bonds is 7. The third kappa shape index (κ3) is 6.15. The van der Waals surface area contributed by atoms with E-state index in [4.69, 9.17) is 9.47 Å². The fourth-order valence-corrected chi connectivity index (χ4v) is 1.76. The number of ether oxygens (including phenoxy) is 3. The molecular weight excluding hydrogens is 329 g/mol. The minimum Gasteiger partial charge on any atom is -0.497 e. The first-order valence-corrected chi connectivity index (χ1v) is 6.58. The molecule has 0 saturated heterocycles. The SMILES string of the molecule is COc1ccc(OCCOCC(F)(F)F)c(CBr)c1. The first-order valence-electron chi connectivity index (χ1n) is 5.46. The van der Waals surface area contributed by atoms with Crippen LogP contribution in [0.3, 0.4) is 0 Å². The smallest absolute Gasteiger partial charge is 0.411 e. The first kappa shape index (κ1) is 16.1. The monoisotopic (exact) mass is 342 g/mol. The minimum atomic E-state index is -4.30. The molecule has 0 heterocycles. The summed E-state index contributed by atoms with van der Waals surface area (Å²) in [4.78, 5) is 0. The second-order valence-electron chi connectivity index (χ2n) is 3.62. The fourth-order valence-electron chi connectivity index (χ4n) is 1.33. The lowest BCUT2D eigenvalue weighted by Crippen LogP contribution is -2.19.